The van der Waals surface area contributed by atoms with Crippen LogP contribution in [0.25, 0.3) is 0 Å². The third-order valence-electron chi connectivity index (χ3n) is 3.32. The van der Waals surface area contributed by atoms with Crippen molar-refractivity contribution in [2.75, 3.05) is 6.54 Å². The second-order valence-corrected chi connectivity index (χ2v) is 4.56. The van der Waals surface area contributed by atoms with Crippen LogP contribution < -0.4 is 5.32 Å². The molecule has 0 spiro atoms. The molecule has 0 atom stereocenters. The highest BCUT2D eigenvalue weighted by Gasteiger charge is 2.22. The van der Waals surface area contributed by atoms with Crippen LogP contribution in [0.3, 0.4) is 0 Å². The summed E-state index contributed by atoms with van der Waals surface area (Å²) in [5.41, 5.74) is 0.327. The molecule has 0 bridgehead atoms. The second kappa shape index (κ2) is 7.11. The smallest absolute Gasteiger partial charge is 0.220 e. The summed E-state index contributed by atoms with van der Waals surface area (Å²) >= 11 is 0. The number of aryl methyl sites for hydroxylation is 1. The van der Waals surface area contributed by atoms with E-state index in [1.807, 2.05) is 26.0 Å². The number of rotatable bonds is 7. The zero-order valence-electron chi connectivity index (χ0n) is 11.1. The lowest BCUT2D eigenvalue weighted by atomic mass is 9.97. The highest BCUT2D eigenvalue weighted by molar-refractivity contribution is 5.76. The fraction of sp³-hybridized carbons (Fsp3) is 0.571. The average Bonchev–Trinajstić information content (AvgIpc) is 2.43. The monoisotopic (exact) mass is 250 g/mol. The molecule has 0 aromatic carbocycles. The second-order valence-electron chi connectivity index (χ2n) is 4.56. The van der Waals surface area contributed by atoms with E-state index in [1.165, 1.54) is 0 Å². The maximum atomic E-state index is 11.7. The molecule has 2 N–H and O–H groups in total. The minimum absolute atomic E-state index is 0.0212. The number of hydrogen-bond acceptors (Lipinski definition) is 3. The Kier molecular flexibility index (Phi) is 5.78. The molecular formula is C14H22N2O2. The van der Waals surface area contributed by atoms with Gasteiger partial charge in [-0.15, -0.1) is 0 Å². The summed E-state index contributed by atoms with van der Waals surface area (Å²) in [6, 6.07) is 3.81. The fourth-order valence-corrected chi connectivity index (χ4v) is 1.66. The molecular weight excluding hydrogens is 228 g/mol. The van der Waals surface area contributed by atoms with E-state index in [1.54, 1.807) is 12.4 Å². The van der Waals surface area contributed by atoms with Gasteiger partial charge in [0.25, 0.3) is 0 Å². The lowest BCUT2D eigenvalue weighted by molar-refractivity contribution is -0.122. The number of pyridine rings is 1. The number of aliphatic hydroxyl groups is 1. The summed E-state index contributed by atoms with van der Waals surface area (Å²) in [6.45, 7) is 4.18. The van der Waals surface area contributed by atoms with E-state index >= 15 is 0 Å². The highest BCUT2D eigenvalue weighted by Crippen LogP contribution is 2.12. The topological polar surface area (TPSA) is 62.2 Å². The van der Waals surface area contributed by atoms with E-state index in [0.29, 0.717) is 32.2 Å². The van der Waals surface area contributed by atoms with Gasteiger partial charge in [0.15, 0.2) is 0 Å². The summed E-state index contributed by atoms with van der Waals surface area (Å²) < 4.78 is 0. The van der Waals surface area contributed by atoms with Gasteiger partial charge in [-0.25, -0.2) is 0 Å². The molecule has 0 unspecified atom stereocenters. The van der Waals surface area contributed by atoms with Gasteiger partial charge >= 0.3 is 0 Å². The highest BCUT2D eigenvalue weighted by atomic mass is 16.3. The van der Waals surface area contributed by atoms with Crippen LogP contribution in [0, 0.1) is 0 Å². The molecule has 4 heteroatoms. The van der Waals surface area contributed by atoms with E-state index in [2.05, 4.69) is 10.3 Å². The predicted octanol–water partition coefficient (Wildman–Crippen LogP) is 1.68. The Balaban J connectivity index is 2.30. The van der Waals surface area contributed by atoms with Crippen molar-refractivity contribution in [2.24, 2.45) is 0 Å². The van der Waals surface area contributed by atoms with Crippen LogP contribution in [0.2, 0.25) is 0 Å². The first-order valence-corrected chi connectivity index (χ1v) is 6.47. The first-order valence-electron chi connectivity index (χ1n) is 6.47. The SMILES string of the molecule is CCC(O)(CC)CNC(=O)CCc1ccncc1. The molecule has 18 heavy (non-hydrogen) atoms. The zero-order chi connectivity index (χ0) is 13.4. The number of hydrogen-bond donors (Lipinski definition) is 2. The van der Waals surface area contributed by atoms with E-state index in [9.17, 15) is 9.90 Å². The van der Waals surface area contributed by atoms with Crippen molar-refractivity contribution in [1.29, 1.82) is 0 Å². The number of nitrogens with one attached hydrogen (secondary N) is 1. The Morgan fingerprint density at radius 2 is 1.94 bits per heavy atom. The molecule has 0 radical (unpaired) electrons. The summed E-state index contributed by atoms with van der Waals surface area (Å²) in [6.07, 6.45) is 5.88. The summed E-state index contributed by atoms with van der Waals surface area (Å²) in [5.74, 6) is -0.0212. The normalized spacial score (nSPS) is 11.3. The zero-order valence-corrected chi connectivity index (χ0v) is 11.1. The maximum absolute atomic E-state index is 11.7. The van der Waals surface area contributed by atoms with Gasteiger partial charge in [-0.2, -0.15) is 0 Å². The minimum Gasteiger partial charge on any atom is -0.388 e. The molecule has 0 saturated carbocycles. The largest absolute Gasteiger partial charge is 0.388 e. The van der Waals surface area contributed by atoms with Crippen LogP contribution in [0.15, 0.2) is 24.5 Å². The van der Waals surface area contributed by atoms with E-state index in [4.69, 9.17) is 0 Å². The average molecular weight is 250 g/mol. The standard InChI is InChI=1S/C14H22N2O2/c1-3-14(18,4-2)11-16-13(17)6-5-12-7-9-15-10-8-12/h7-10,18H,3-6,11H2,1-2H3,(H,16,17). The van der Waals surface area contributed by atoms with Crippen LogP contribution in [0.1, 0.15) is 38.7 Å². The van der Waals surface area contributed by atoms with Crippen molar-refractivity contribution >= 4 is 5.91 Å². The van der Waals surface area contributed by atoms with E-state index < -0.39 is 5.60 Å². The van der Waals surface area contributed by atoms with Gasteiger partial charge in [0.2, 0.25) is 5.91 Å². The van der Waals surface area contributed by atoms with Gasteiger partial charge in [-0.05, 0) is 37.0 Å². The summed E-state index contributed by atoms with van der Waals surface area (Å²) in [7, 11) is 0. The van der Waals surface area contributed by atoms with Crippen molar-refractivity contribution in [3.63, 3.8) is 0 Å². The van der Waals surface area contributed by atoms with Gasteiger partial charge in [0.1, 0.15) is 0 Å². The molecule has 1 amide bonds. The third-order valence-corrected chi connectivity index (χ3v) is 3.32. The molecule has 1 aromatic rings. The molecule has 1 heterocycles. The lowest BCUT2D eigenvalue weighted by Crippen LogP contribution is -2.42. The number of carbonyl (C=O) groups is 1. The van der Waals surface area contributed by atoms with Crippen molar-refractivity contribution < 1.29 is 9.90 Å². The summed E-state index contributed by atoms with van der Waals surface area (Å²) in [5, 5.41) is 12.8. The first-order chi connectivity index (χ1) is 8.59. The molecule has 0 aliphatic carbocycles. The van der Waals surface area contributed by atoms with Crippen molar-refractivity contribution in [3.05, 3.63) is 30.1 Å². The lowest BCUT2D eigenvalue weighted by Gasteiger charge is -2.25. The van der Waals surface area contributed by atoms with Gasteiger partial charge in [0, 0.05) is 25.4 Å². The quantitative estimate of drug-likeness (QED) is 0.774. The number of amides is 1. The molecule has 0 saturated heterocycles. The Hall–Kier alpha value is -1.42. The van der Waals surface area contributed by atoms with E-state index in [0.717, 1.165) is 5.56 Å². The molecule has 1 aromatic heterocycles. The van der Waals surface area contributed by atoms with Gasteiger partial charge in [0.05, 0.1) is 5.60 Å². The van der Waals surface area contributed by atoms with Crippen LogP contribution in [0.4, 0.5) is 0 Å². The number of nitrogens with zero attached hydrogens (tertiary/aromatic N) is 1. The van der Waals surface area contributed by atoms with Crippen LogP contribution in [-0.4, -0.2) is 28.1 Å². The Morgan fingerprint density at radius 1 is 1.33 bits per heavy atom. The molecule has 0 fully saturated rings. The maximum Gasteiger partial charge on any atom is 0.220 e. The number of carbonyl (C=O) groups excluding carboxylic acids is 1. The van der Waals surface area contributed by atoms with Crippen molar-refractivity contribution in [2.45, 2.75) is 45.1 Å². The van der Waals surface area contributed by atoms with Crippen molar-refractivity contribution in [1.82, 2.24) is 10.3 Å². The number of aromatic nitrogens is 1. The molecule has 0 aliphatic heterocycles. The van der Waals surface area contributed by atoms with Gasteiger partial charge < -0.3 is 10.4 Å². The molecule has 4 nitrogen and oxygen atoms in total. The molecule has 1 rings (SSSR count). The summed E-state index contributed by atoms with van der Waals surface area (Å²) in [4.78, 5) is 15.6. The van der Waals surface area contributed by atoms with Crippen molar-refractivity contribution in [3.8, 4) is 0 Å². The van der Waals surface area contributed by atoms with Crippen LogP contribution in [-0.2, 0) is 11.2 Å². The Labute approximate surface area is 108 Å². The first kappa shape index (κ1) is 14.6. The van der Waals surface area contributed by atoms with Gasteiger partial charge in [-0.1, -0.05) is 13.8 Å². The van der Waals surface area contributed by atoms with E-state index in [-0.39, 0.29) is 5.91 Å². The fourth-order valence-electron chi connectivity index (χ4n) is 1.66. The van der Waals surface area contributed by atoms with Crippen LogP contribution >= 0.6 is 0 Å². The predicted molar refractivity (Wildman–Crippen MR) is 71.1 cm³/mol. The third kappa shape index (κ3) is 4.84. The molecule has 0 aliphatic rings. The van der Waals surface area contributed by atoms with Gasteiger partial charge in [-0.3, -0.25) is 9.78 Å². The molecule has 100 valence electrons. The minimum atomic E-state index is -0.772. The Bertz CT molecular complexity index is 361. The Morgan fingerprint density at radius 3 is 2.50 bits per heavy atom. The van der Waals surface area contributed by atoms with Crippen LogP contribution in [0.5, 0.6) is 0 Å².